The minimum atomic E-state index is -0.366. The minimum absolute atomic E-state index is 0.219. The predicted molar refractivity (Wildman–Crippen MR) is 72.1 cm³/mol. The van der Waals surface area contributed by atoms with Crippen LogP contribution in [0, 0.1) is 0 Å². The number of carbonyl (C=O) groups is 2. The van der Waals surface area contributed by atoms with Gasteiger partial charge in [-0.3, -0.25) is 9.59 Å². The Hall–Kier alpha value is -1.68. The van der Waals surface area contributed by atoms with Gasteiger partial charge in [0.05, 0.1) is 5.60 Å². The molecule has 4 nitrogen and oxygen atoms in total. The third kappa shape index (κ3) is 2.24. The molecule has 0 bridgehead atoms. The Morgan fingerprint density at radius 1 is 1.35 bits per heavy atom. The van der Waals surface area contributed by atoms with Crippen LogP contribution in [-0.2, 0) is 24.7 Å². The van der Waals surface area contributed by atoms with Gasteiger partial charge in [0.1, 0.15) is 18.5 Å². The lowest BCUT2D eigenvalue weighted by atomic mass is 9.79. The first-order chi connectivity index (χ1) is 9.61. The molecule has 3 rings (SSSR count). The highest BCUT2D eigenvalue weighted by Gasteiger charge is 2.46. The topological polar surface area (TPSA) is 52.6 Å². The Kier molecular flexibility index (Phi) is 3.34. The summed E-state index contributed by atoms with van der Waals surface area (Å²) < 4.78 is 11.3. The predicted octanol–water partition coefficient (Wildman–Crippen LogP) is 2.66. The van der Waals surface area contributed by atoms with Crippen molar-refractivity contribution in [1.29, 1.82) is 0 Å². The molecule has 4 heteroatoms. The van der Waals surface area contributed by atoms with Crippen LogP contribution in [0.25, 0.3) is 0 Å². The zero-order valence-corrected chi connectivity index (χ0v) is 11.6. The van der Waals surface area contributed by atoms with Crippen LogP contribution in [0.15, 0.2) is 24.3 Å². The van der Waals surface area contributed by atoms with E-state index in [2.05, 4.69) is 6.07 Å². The summed E-state index contributed by atoms with van der Waals surface area (Å²) in [5.74, 6) is 0.00555. The zero-order valence-electron chi connectivity index (χ0n) is 11.6. The Balaban J connectivity index is 1.88. The lowest BCUT2D eigenvalue weighted by Gasteiger charge is -2.33. The minimum Gasteiger partial charge on any atom is -0.463 e. The molecule has 1 aliphatic carbocycles. The molecule has 106 valence electrons. The second-order valence-corrected chi connectivity index (χ2v) is 5.53. The molecule has 1 fully saturated rings. The lowest BCUT2D eigenvalue weighted by molar-refractivity contribution is -0.155. The zero-order chi connectivity index (χ0) is 14.2. The van der Waals surface area contributed by atoms with Crippen LogP contribution in [-0.4, -0.2) is 18.4 Å². The van der Waals surface area contributed by atoms with Crippen molar-refractivity contribution >= 4 is 11.8 Å². The van der Waals surface area contributed by atoms with Gasteiger partial charge in [-0.15, -0.1) is 0 Å². The summed E-state index contributed by atoms with van der Waals surface area (Å²) in [5, 5.41) is 0. The molecule has 0 aromatic heterocycles. The molecule has 0 N–H and O–H groups in total. The highest BCUT2D eigenvalue weighted by atomic mass is 16.6. The summed E-state index contributed by atoms with van der Waals surface area (Å²) in [7, 11) is 0. The Bertz CT molecular complexity index is 539. The molecule has 0 saturated heterocycles. The second kappa shape index (κ2) is 5.02. The molecule has 1 atom stereocenters. The molecule has 2 aliphatic rings. The summed E-state index contributed by atoms with van der Waals surface area (Å²) in [4.78, 5) is 22.5. The molecule has 1 unspecified atom stereocenters. The molecular formula is C16H18O4. The smallest absolute Gasteiger partial charge is 0.302 e. The van der Waals surface area contributed by atoms with Gasteiger partial charge in [-0.05, 0) is 24.0 Å². The highest BCUT2D eigenvalue weighted by Crippen LogP contribution is 2.50. The van der Waals surface area contributed by atoms with Crippen molar-refractivity contribution in [3.63, 3.8) is 0 Å². The quantitative estimate of drug-likeness (QED) is 0.778. The van der Waals surface area contributed by atoms with E-state index in [1.165, 1.54) is 6.92 Å². The fraction of sp³-hybridized carbons (Fsp3) is 0.500. The average Bonchev–Trinajstić information content (AvgIpc) is 2.75. The summed E-state index contributed by atoms with van der Waals surface area (Å²) in [5.41, 5.74) is 1.88. The third-order valence-corrected chi connectivity index (χ3v) is 4.22. The molecule has 1 spiro atoms. The largest absolute Gasteiger partial charge is 0.463 e. The molecule has 0 amide bonds. The molecule has 1 aromatic rings. The summed E-state index contributed by atoms with van der Waals surface area (Å²) >= 11 is 0. The van der Waals surface area contributed by atoms with E-state index in [9.17, 15) is 9.59 Å². The Morgan fingerprint density at radius 2 is 2.05 bits per heavy atom. The lowest BCUT2D eigenvalue weighted by Crippen LogP contribution is -2.32. The van der Waals surface area contributed by atoms with Crippen molar-refractivity contribution in [2.75, 3.05) is 6.61 Å². The van der Waals surface area contributed by atoms with Crippen molar-refractivity contribution in [2.24, 2.45) is 0 Å². The first-order valence-electron chi connectivity index (χ1n) is 7.03. The van der Waals surface area contributed by atoms with Gasteiger partial charge in [-0.1, -0.05) is 24.3 Å². The van der Waals surface area contributed by atoms with Crippen LogP contribution < -0.4 is 0 Å². The number of fused-ring (bicyclic) bond motifs is 2. The second-order valence-electron chi connectivity index (χ2n) is 5.53. The standard InChI is InChI=1S/C16H18O4/c1-11(17)19-10-15-13-4-2-3-5-14(13)16(20-15)8-6-12(18)7-9-16/h2-5,15H,6-10H2,1H3. The number of hydrogen-bond donors (Lipinski definition) is 0. The number of rotatable bonds is 2. The first kappa shape index (κ1) is 13.3. The van der Waals surface area contributed by atoms with E-state index >= 15 is 0 Å². The van der Waals surface area contributed by atoms with Crippen LogP contribution in [0.4, 0.5) is 0 Å². The molecule has 0 radical (unpaired) electrons. The van der Waals surface area contributed by atoms with Gasteiger partial charge >= 0.3 is 5.97 Å². The van der Waals surface area contributed by atoms with E-state index in [1.807, 2.05) is 18.2 Å². The van der Waals surface area contributed by atoms with Gasteiger partial charge in [0.15, 0.2) is 0 Å². The Morgan fingerprint density at radius 3 is 2.75 bits per heavy atom. The van der Waals surface area contributed by atoms with Gasteiger partial charge < -0.3 is 9.47 Å². The van der Waals surface area contributed by atoms with Crippen LogP contribution >= 0.6 is 0 Å². The number of esters is 1. The number of ether oxygens (including phenoxy) is 2. The summed E-state index contributed by atoms with van der Waals surface area (Å²) in [6, 6.07) is 8.05. The van der Waals surface area contributed by atoms with E-state index in [0.29, 0.717) is 18.6 Å². The molecule has 1 heterocycles. The SMILES string of the molecule is CC(=O)OCC1OC2(CCC(=O)CC2)c2ccccc21. The van der Waals surface area contributed by atoms with Gasteiger partial charge in [0.25, 0.3) is 0 Å². The van der Waals surface area contributed by atoms with Crippen LogP contribution in [0.2, 0.25) is 0 Å². The van der Waals surface area contributed by atoms with E-state index in [-0.39, 0.29) is 24.3 Å². The number of benzene rings is 1. The number of Topliss-reactive ketones (excluding diaryl/α,β-unsaturated/α-hetero) is 1. The summed E-state index contributed by atoms with van der Waals surface area (Å²) in [6.07, 6.45) is 2.35. The van der Waals surface area contributed by atoms with E-state index < -0.39 is 0 Å². The van der Waals surface area contributed by atoms with Crippen LogP contribution in [0.5, 0.6) is 0 Å². The fourth-order valence-corrected chi connectivity index (χ4v) is 3.23. The summed E-state index contributed by atoms with van der Waals surface area (Å²) in [6.45, 7) is 1.64. The maximum absolute atomic E-state index is 11.5. The van der Waals surface area contributed by atoms with Gasteiger partial charge in [-0.2, -0.15) is 0 Å². The van der Waals surface area contributed by atoms with Crippen molar-refractivity contribution < 1.29 is 19.1 Å². The fourth-order valence-electron chi connectivity index (χ4n) is 3.23. The normalized spacial score (nSPS) is 23.6. The van der Waals surface area contributed by atoms with Crippen LogP contribution in [0.1, 0.15) is 49.8 Å². The average molecular weight is 274 g/mol. The van der Waals surface area contributed by atoms with Gasteiger partial charge in [0, 0.05) is 19.8 Å². The first-order valence-corrected chi connectivity index (χ1v) is 7.03. The van der Waals surface area contributed by atoms with Crippen molar-refractivity contribution in [3.05, 3.63) is 35.4 Å². The van der Waals surface area contributed by atoms with Gasteiger partial charge in [-0.25, -0.2) is 0 Å². The van der Waals surface area contributed by atoms with Crippen molar-refractivity contribution in [2.45, 2.75) is 44.3 Å². The Labute approximate surface area is 118 Å². The van der Waals surface area contributed by atoms with E-state index in [0.717, 1.165) is 24.0 Å². The van der Waals surface area contributed by atoms with Crippen LogP contribution in [0.3, 0.4) is 0 Å². The molecule has 1 aliphatic heterocycles. The van der Waals surface area contributed by atoms with Crippen molar-refractivity contribution in [3.8, 4) is 0 Å². The molecule has 1 saturated carbocycles. The van der Waals surface area contributed by atoms with E-state index in [1.54, 1.807) is 0 Å². The monoisotopic (exact) mass is 274 g/mol. The van der Waals surface area contributed by atoms with E-state index in [4.69, 9.17) is 9.47 Å². The number of ketones is 1. The number of carbonyl (C=O) groups excluding carboxylic acids is 2. The number of hydrogen-bond acceptors (Lipinski definition) is 4. The van der Waals surface area contributed by atoms with Gasteiger partial charge in [0.2, 0.25) is 0 Å². The third-order valence-electron chi connectivity index (χ3n) is 4.22. The van der Waals surface area contributed by atoms with Crippen molar-refractivity contribution in [1.82, 2.24) is 0 Å². The maximum Gasteiger partial charge on any atom is 0.302 e. The molecule has 20 heavy (non-hydrogen) atoms. The molecular weight excluding hydrogens is 256 g/mol. The maximum atomic E-state index is 11.5. The highest BCUT2D eigenvalue weighted by molar-refractivity contribution is 5.79. The molecule has 1 aromatic carbocycles.